The Kier molecular flexibility index (Phi) is 6.32. The van der Waals surface area contributed by atoms with Crippen LogP contribution in [-0.2, 0) is 14.4 Å². The lowest BCUT2D eigenvalue weighted by Crippen LogP contribution is -2.41. The Morgan fingerprint density at radius 2 is 1.78 bits per heavy atom. The number of primary amides is 1. The molecular formula is C11H21N3O4. The van der Waals surface area contributed by atoms with Gasteiger partial charge in [-0.15, -0.1) is 0 Å². The minimum absolute atomic E-state index is 0.0767. The Morgan fingerprint density at radius 1 is 1.22 bits per heavy atom. The normalized spacial score (nSPS) is 12.7. The van der Waals surface area contributed by atoms with Crippen LogP contribution in [0.15, 0.2) is 0 Å². The highest BCUT2D eigenvalue weighted by Gasteiger charge is 2.20. The van der Waals surface area contributed by atoms with Crippen LogP contribution in [0.2, 0.25) is 0 Å². The van der Waals surface area contributed by atoms with E-state index in [2.05, 4.69) is 10.6 Å². The van der Waals surface area contributed by atoms with Gasteiger partial charge in [-0.05, 0) is 0 Å². The lowest BCUT2D eigenvalue weighted by atomic mass is 9.96. The first-order valence-electron chi connectivity index (χ1n) is 5.67. The first-order valence-corrected chi connectivity index (χ1v) is 5.67. The van der Waals surface area contributed by atoms with Crippen molar-refractivity contribution in [1.82, 2.24) is 10.6 Å². The van der Waals surface area contributed by atoms with E-state index in [1.807, 2.05) is 0 Å². The second kappa shape index (κ2) is 6.95. The molecule has 0 fully saturated rings. The molecule has 0 saturated carbocycles. The van der Waals surface area contributed by atoms with Crippen molar-refractivity contribution < 1.29 is 19.5 Å². The van der Waals surface area contributed by atoms with Gasteiger partial charge in [0.2, 0.25) is 17.7 Å². The maximum Gasteiger partial charge on any atom is 0.248 e. The number of carbonyl (C=O) groups excluding carboxylic acids is 3. The fraction of sp³-hybridized carbons (Fsp3) is 0.727. The lowest BCUT2D eigenvalue weighted by Gasteiger charge is -2.17. The zero-order chi connectivity index (χ0) is 14.3. The predicted octanol–water partition coefficient (Wildman–Crippen LogP) is -1.50. The van der Waals surface area contributed by atoms with Crippen molar-refractivity contribution >= 4 is 17.7 Å². The van der Waals surface area contributed by atoms with Crippen LogP contribution < -0.4 is 16.4 Å². The summed E-state index contributed by atoms with van der Waals surface area (Å²) in [5, 5.41) is 14.0. The van der Waals surface area contributed by atoms with Crippen molar-refractivity contribution in [1.29, 1.82) is 0 Å². The molecule has 0 aliphatic carbocycles. The summed E-state index contributed by atoms with van der Waals surface area (Å²) in [4.78, 5) is 33.2. The molecule has 3 amide bonds. The third-order valence-corrected chi connectivity index (χ3v) is 2.14. The summed E-state index contributed by atoms with van der Waals surface area (Å²) >= 11 is 0. The van der Waals surface area contributed by atoms with Crippen molar-refractivity contribution in [3.8, 4) is 0 Å². The largest absolute Gasteiger partial charge is 0.381 e. The summed E-state index contributed by atoms with van der Waals surface area (Å²) in [6.45, 7) is 5.29. The van der Waals surface area contributed by atoms with E-state index in [4.69, 9.17) is 10.8 Å². The lowest BCUT2D eigenvalue weighted by molar-refractivity contribution is -0.128. The smallest absolute Gasteiger partial charge is 0.248 e. The van der Waals surface area contributed by atoms with Crippen LogP contribution in [-0.4, -0.2) is 42.0 Å². The van der Waals surface area contributed by atoms with Crippen LogP contribution in [0.1, 0.15) is 27.2 Å². The molecule has 0 spiro atoms. The number of nitrogens with two attached hydrogens (primary N) is 1. The van der Waals surface area contributed by atoms with Crippen LogP contribution in [0.4, 0.5) is 0 Å². The maximum atomic E-state index is 11.5. The molecule has 0 rings (SSSR count). The quantitative estimate of drug-likeness (QED) is 0.464. The van der Waals surface area contributed by atoms with E-state index in [9.17, 15) is 14.4 Å². The zero-order valence-corrected chi connectivity index (χ0v) is 10.9. The van der Waals surface area contributed by atoms with Gasteiger partial charge < -0.3 is 21.5 Å². The van der Waals surface area contributed by atoms with Gasteiger partial charge in [-0.25, -0.2) is 0 Å². The van der Waals surface area contributed by atoms with E-state index in [0.717, 1.165) is 0 Å². The van der Waals surface area contributed by atoms with E-state index < -0.39 is 17.4 Å². The molecule has 0 heterocycles. The minimum Gasteiger partial charge on any atom is -0.381 e. The van der Waals surface area contributed by atoms with Crippen LogP contribution in [0.3, 0.4) is 0 Å². The van der Waals surface area contributed by atoms with Gasteiger partial charge in [-0.1, -0.05) is 20.8 Å². The Bertz CT molecular complexity index is 323. The molecule has 5 N–H and O–H groups in total. The molecule has 0 aliphatic rings. The number of carbonyl (C=O) groups is 3. The van der Waals surface area contributed by atoms with E-state index in [0.29, 0.717) is 0 Å². The number of aliphatic hydroxyl groups is 1. The van der Waals surface area contributed by atoms with Gasteiger partial charge in [0.1, 0.15) is 6.10 Å². The Hall–Kier alpha value is -1.63. The minimum atomic E-state index is -1.39. The zero-order valence-electron chi connectivity index (χ0n) is 10.9. The Labute approximate surface area is 106 Å². The Balaban J connectivity index is 3.79. The summed E-state index contributed by atoms with van der Waals surface area (Å²) in [5.74, 6) is -1.41. The fourth-order valence-corrected chi connectivity index (χ4v) is 0.954. The maximum absolute atomic E-state index is 11.5. The van der Waals surface area contributed by atoms with Crippen molar-refractivity contribution in [3.05, 3.63) is 0 Å². The second-order valence-electron chi connectivity index (χ2n) is 4.98. The molecular weight excluding hydrogens is 238 g/mol. The van der Waals surface area contributed by atoms with Crippen molar-refractivity contribution in [2.45, 2.75) is 33.3 Å². The highest BCUT2D eigenvalue weighted by Crippen LogP contribution is 2.11. The summed E-state index contributed by atoms with van der Waals surface area (Å²) in [7, 11) is 0. The highest BCUT2D eigenvalue weighted by atomic mass is 16.3. The van der Waals surface area contributed by atoms with Gasteiger partial charge >= 0.3 is 0 Å². The number of aliphatic hydroxyl groups excluding tert-OH is 1. The number of amides is 3. The fourth-order valence-electron chi connectivity index (χ4n) is 0.954. The molecule has 0 aromatic carbocycles. The second-order valence-corrected chi connectivity index (χ2v) is 4.98. The Morgan fingerprint density at radius 3 is 2.22 bits per heavy atom. The van der Waals surface area contributed by atoms with Gasteiger partial charge in [0.15, 0.2) is 0 Å². The summed E-state index contributed by atoms with van der Waals surface area (Å²) in [5.41, 5.74) is 4.31. The molecule has 18 heavy (non-hydrogen) atoms. The average molecular weight is 259 g/mol. The third-order valence-electron chi connectivity index (χ3n) is 2.14. The molecule has 1 atom stereocenters. The van der Waals surface area contributed by atoms with Gasteiger partial charge in [0.25, 0.3) is 0 Å². The summed E-state index contributed by atoms with van der Waals surface area (Å²) in [6, 6.07) is 0. The third kappa shape index (κ3) is 6.85. The monoisotopic (exact) mass is 259 g/mol. The number of rotatable bonds is 6. The highest BCUT2D eigenvalue weighted by molar-refractivity contribution is 5.83. The molecule has 0 bridgehead atoms. The average Bonchev–Trinajstić information content (AvgIpc) is 2.24. The van der Waals surface area contributed by atoms with E-state index >= 15 is 0 Å². The molecule has 0 aromatic rings. The van der Waals surface area contributed by atoms with Gasteiger partial charge in [-0.2, -0.15) is 0 Å². The van der Waals surface area contributed by atoms with Gasteiger partial charge in [-0.3, -0.25) is 14.4 Å². The SMILES string of the molecule is CC(C)(C)C(=O)NCCC(=O)NCC(O)C(N)=O. The molecule has 7 nitrogen and oxygen atoms in total. The molecule has 0 radical (unpaired) electrons. The summed E-state index contributed by atoms with van der Waals surface area (Å²) in [6.07, 6.45) is -1.31. The topological polar surface area (TPSA) is 122 Å². The van der Waals surface area contributed by atoms with Gasteiger partial charge in [0, 0.05) is 18.4 Å². The van der Waals surface area contributed by atoms with Crippen molar-refractivity contribution in [2.75, 3.05) is 13.1 Å². The van der Waals surface area contributed by atoms with Crippen molar-refractivity contribution in [2.24, 2.45) is 11.1 Å². The molecule has 0 saturated heterocycles. The summed E-state index contributed by atoms with van der Waals surface area (Å²) < 4.78 is 0. The van der Waals surface area contributed by atoms with Gasteiger partial charge in [0.05, 0.1) is 6.54 Å². The van der Waals surface area contributed by atoms with Crippen LogP contribution in [0, 0.1) is 5.41 Å². The number of nitrogens with one attached hydrogen (secondary N) is 2. The molecule has 0 aliphatic heterocycles. The molecule has 0 aromatic heterocycles. The molecule has 104 valence electrons. The molecule has 1 unspecified atom stereocenters. The van der Waals surface area contributed by atoms with E-state index in [1.54, 1.807) is 20.8 Å². The number of hydrogen-bond donors (Lipinski definition) is 4. The number of hydrogen-bond acceptors (Lipinski definition) is 4. The van der Waals surface area contributed by atoms with Crippen LogP contribution >= 0.6 is 0 Å². The van der Waals surface area contributed by atoms with E-state index in [-0.39, 0.29) is 31.3 Å². The van der Waals surface area contributed by atoms with Crippen molar-refractivity contribution in [3.63, 3.8) is 0 Å². The first kappa shape index (κ1) is 16.4. The standard InChI is InChI=1S/C11H21N3O4/c1-11(2,3)10(18)13-5-4-8(16)14-6-7(15)9(12)17/h7,15H,4-6H2,1-3H3,(H2,12,17)(H,13,18)(H,14,16). The molecule has 7 heteroatoms. The predicted molar refractivity (Wildman–Crippen MR) is 65.3 cm³/mol. The van der Waals surface area contributed by atoms with Crippen LogP contribution in [0.5, 0.6) is 0 Å². The first-order chi connectivity index (χ1) is 8.14. The van der Waals surface area contributed by atoms with Crippen LogP contribution in [0.25, 0.3) is 0 Å². The van der Waals surface area contributed by atoms with E-state index in [1.165, 1.54) is 0 Å².